The van der Waals surface area contributed by atoms with Gasteiger partial charge in [-0.25, -0.2) is 0 Å². The van der Waals surface area contributed by atoms with Gasteiger partial charge in [-0.2, -0.15) is 0 Å². The topological polar surface area (TPSA) is 98.2 Å². The minimum atomic E-state index is -0.536. The van der Waals surface area contributed by atoms with E-state index >= 15 is 0 Å². The van der Waals surface area contributed by atoms with Crippen LogP contribution in [0.15, 0.2) is 24.3 Å². The summed E-state index contributed by atoms with van der Waals surface area (Å²) in [6.45, 7) is 3.92. The van der Waals surface area contributed by atoms with Crippen molar-refractivity contribution in [2.45, 2.75) is 26.3 Å². The molecule has 0 aliphatic carbocycles. The molecule has 0 fully saturated rings. The number of nitrogens with one attached hydrogen (secondary N) is 1. The first-order valence-electron chi connectivity index (χ1n) is 5.92. The molecule has 0 bridgehead atoms. The maximum atomic E-state index is 11.8. The summed E-state index contributed by atoms with van der Waals surface area (Å²) < 4.78 is 0. The quantitative estimate of drug-likeness (QED) is 0.728. The molecular formula is C13H19N3O2. The molecule has 5 nitrogen and oxygen atoms in total. The first-order valence-corrected chi connectivity index (χ1v) is 5.92. The standard InChI is InChI=1S/C13H19N3O2/c1-3-8(2)11(14)13(18)16-10-6-4-9(5-7-10)12(15)17/h4-8,11H,3,14H2,1-2H3,(H2,15,17)(H,16,18). The molecule has 1 rings (SSSR count). The summed E-state index contributed by atoms with van der Waals surface area (Å²) in [4.78, 5) is 22.7. The highest BCUT2D eigenvalue weighted by Crippen LogP contribution is 2.12. The van der Waals surface area contributed by atoms with E-state index in [0.29, 0.717) is 11.3 Å². The maximum Gasteiger partial charge on any atom is 0.248 e. The number of primary amides is 1. The fourth-order valence-electron chi connectivity index (χ4n) is 1.46. The molecule has 0 saturated carbocycles. The van der Waals surface area contributed by atoms with E-state index in [2.05, 4.69) is 5.32 Å². The number of nitrogens with two attached hydrogens (primary N) is 2. The molecule has 98 valence electrons. The number of carbonyl (C=O) groups excluding carboxylic acids is 2. The van der Waals surface area contributed by atoms with Gasteiger partial charge in [0.2, 0.25) is 11.8 Å². The maximum absolute atomic E-state index is 11.8. The molecule has 0 aromatic heterocycles. The molecule has 2 atom stereocenters. The van der Waals surface area contributed by atoms with Gasteiger partial charge < -0.3 is 16.8 Å². The lowest BCUT2D eigenvalue weighted by atomic mass is 9.99. The van der Waals surface area contributed by atoms with Gasteiger partial charge in [0.05, 0.1) is 6.04 Å². The van der Waals surface area contributed by atoms with Crippen molar-refractivity contribution in [1.29, 1.82) is 0 Å². The molecule has 0 saturated heterocycles. The number of anilines is 1. The van der Waals surface area contributed by atoms with E-state index in [1.807, 2.05) is 13.8 Å². The highest BCUT2D eigenvalue weighted by Gasteiger charge is 2.19. The summed E-state index contributed by atoms with van der Waals surface area (Å²) in [6, 6.07) is 5.84. The van der Waals surface area contributed by atoms with Crippen LogP contribution in [0.2, 0.25) is 0 Å². The van der Waals surface area contributed by atoms with Crippen LogP contribution in [0, 0.1) is 5.92 Å². The van der Waals surface area contributed by atoms with Crippen LogP contribution in [0.5, 0.6) is 0 Å². The van der Waals surface area contributed by atoms with Crippen molar-refractivity contribution in [1.82, 2.24) is 0 Å². The van der Waals surface area contributed by atoms with Crippen molar-refractivity contribution < 1.29 is 9.59 Å². The number of hydrogen-bond acceptors (Lipinski definition) is 3. The average Bonchev–Trinajstić information content (AvgIpc) is 2.37. The van der Waals surface area contributed by atoms with Crippen molar-refractivity contribution in [2.24, 2.45) is 17.4 Å². The van der Waals surface area contributed by atoms with Crippen molar-refractivity contribution in [3.63, 3.8) is 0 Å². The van der Waals surface area contributed by atoms with Crippen molar-refractivity contribution in [3.8, 4) is 0 Å². The monoisotopic (exact) mass is 249 g/mol. The van der Waals surface area contributed by atoms with E-state index in [1.54, 1.807) is 24.3 Å². The Morgan fingerprint density at radius 1 is 1.28 bits per heavy atom. The molecule has 0 spiro atoms. The molecule has 1 aromatic carbocycles. The van der Waals surface area contributed by atoms with Crippen molar-refractivity contribution in [3.05, 3.63) is 29.8 Å². The third kappa shape index (κ3) is 3.56. The second-order valence-corrected chi connectivity index (χ2v) is 4.34. The Kier molecular flexibility index (Phi) is 4.85. The largest absolute Gasteiger partial charge is 0.366 e. The molecule has 0 aliphatic heterocycles. The van der Waals surface area contributed by atoms with Crippen LogP contribution in [0.25, 0.3) is 0 Å². The fraction of sp³-hybridized carbons (Fsp3) is 0.385. The molecule has 18 heavy (non-hydrogen) atoms. The van der Waals surface area contributed by atoms with Crippen LogP contribution < -0.4 is 16.8 Å². The van der Waals surface area contributed by atoms with Gasteiger partial charge in [-0.3, -0.25) is 9.59 Å². The molecular weight excluding hydrogens is 230 g/mol. The Bertz CT molecular complexity index is 428. The first-order chi connectivity index (χ1) is 8.45. The molecule has 5 N–H and O–H groups in total. The summed E-state index contributed by atoms with van der Waals surface area (Å²) >= 11 is 0. The minimum Gasteiger partial charge on any atom is -0.366 e. The third-order valence-corrected chi connectivity index (χ3v) is 3.00. The van der Waals surface area contributed by atoms with Crippen LogP contribution >= 0.6 is 0 Å². The molecule has 2 unspecified atom stereocenters. The van der Waals surface area contributed by atoms with Gasteiger partial charge in [0.15, 0.2) is 0 Å². The van der Waals surface area contributed by atoms with Crippen molar-refractivity contribution in [2.75, 3.05) is 5.32 Å². The van der Waals surface area contributed by atoms with E-state index in [9.17, 15) is 9.59 Å². The summed E-state index contributed by atoms with van der Waals surface area (Å²) in [6.07, 6.45) is 0.842. The van der Waals surface area contributed by atoms with E-state index in [-0.39, 0.29) is 11.8 Å². The molecule has 0 heterocycles. The first kappa shape index (κ1) is 14.2. The number of hydrogen-bond donors (Lipinski definition) is 3. The van der Waals surface area contributed by atoms with Gasteiger partial charge in [0, 0.05) is 11.3 Å². The highest BCUT2D eigenvalue weighted by atomic mass is 16.2. The second kappa shape index (κ2) is 6.16. The van der Waals surface area contributed by atoms with Gasteiger partial charge in [0.25, 0.3) is 0 Å². The zero-order valence-electron chi connectivity index (χ0n) is 10.6. The molecule has 1 aromatic rings. The van der Waals surface area contributed by atoms with Crippen LogP contribution in [0.4, 0.5) is 5.69 Å². The lowest BCUT2D eigenvalue weighted by molar-refractivity contribution is -0.118. The van der Waals surface area contributed by atoms with Gasteiger partial charge >= 0.3 is 0 Å². The summed E-state index contributed by atoms with van der Waals surface area (Å²) in [5, 5.41) is 2.71. The zero-order chi connectivity index (χ0) is 13.7. The van der Waals surface area contributed by atoms with Gasteiger partial charge in [-0.15, -0.1) is 0 Å². The van der Waals surface area contributed by atoms with Crippen LogP contribution in [0.3, 0.4) is 0 Å². The Morgan fingerprint density at radius 2 is 1.83 bits per heavy atom. The van der Waals surface area contributed by atoms with E-state index in [1.165, 1.54) is 0 Å². The van der Waals surface area contributed by atoms with Crippen LogP contribution in [-0.4, -0.2) is 17.9 Å². The SMILES string of the molecule is CCC(C)C(N)C(=O)Nc1ccc(C(N)=O)cc1. The number of benzene rings is 1. The summed E-state index contributed by atoms with van der Waals surface area (Å²) in [5.74, 6) is -0.602. The fourth-order valence-corrected chi connectivity index (χ4v) is 1.46. The minimum absolute atomic E-state index is 0.120. The second-order valence-electron chi connectivity index (χ2n) is 4.34. The normalized spacial score (nSPS) is 13.7. The predicted molar refractivity (Wildman–Crippen MR) is 71.0 cm³/mol. The molecule has 0 radical (unpaired) electrons. The molecule has 5 heteroatoms. The van der Waals surface area contributed by atoms with E-state index in [0.717, 1.165) is 6.42 Å². The van der Waals surface area contributed by atoms with E-state index in [4.69, 9.17) is 11.5 Å². The Hall–Kier alpha value is -1.88. The smallest absolute Gasteiger partial charge is 0.248 e. The van der Waals surface area contributed by atoms with E-state index < -0.39 is 11.9 Å². The molecule has 0 aliphatic rings. The molecule has 2 amide bonds. The lowest BCUT2D eigenvalue weighted by Crippen LogP contribution is -2.40. The van der Waals surface area contributed by atoms with Gasteiger partial charge in [0.1, 0.15) is 0 Å². The number of rotatable bonds is 5. The number of amides is 2. The van der Waals surface area contributed by atoms with Gasteiger partial charge in [-0.1, -0.05) is 20.3 Å². The third-order valence-electron chi connectivity index (χ3n) is 3.00. The van der Waals surface area contributed by atoms with Crippen LogP contribution in [-0.2, 0) is 4.79 Å². The highest BCUT2D eigenvalue weighted by molar-refractivity contribution is 5.96. The van der Waals surface area contributed by atoms with Crippen LogP contribution in [0.1, 0.15) is 30.6 Å². The Morgan fingerprint density at radius 3 is 2.28 bits per heavy atom. The Balaban J connectivity index is 2.67. The van der Waals surface area contributed by atoms with Crippen molar-refractivity contribution >= 4 is 17.5 Å². The predicted octanol–water partition coefficient (Wildman–Crippen LogP) is 1.10. The lowest BCUT2D eigenvalue weighted by Gasteiger charge is -2.17. The summed E-state index contributed by atoms with van der Waals surface area (Å²) in [5.41, 5.74) is 11.9. The zero-order valence-corrected chi connectivity index (χ0v) is 10.6. The summed E-state index contributed by atoms with van der Waals surface area (Å²) in [7, 11) is 0. The number of carbonyl (C=O) groups is 2. The average molecular weight is 249 g/mol. The van der Waals surface area contributed by atoms with Gasteiger partial charge in [-0.05, 0) is 30.2 Å². The Labute approximate surface area is 107 Å².